The minimum atomic E-state index is 0.392. The van der Waals surface area contributed by atoms with Gasteiger partial charge >= 0.3 is 0 Å². The molecule has 5 rings (SSSR count). The fourth-order valence-corrected chi connectivity index (χ4v) is 3.79. The van der Waals surface area contributed by atoms with Gasteiger partial charge in [-0.1, -0.05) is 67.3 Å². The van der Waals surface area contributed by atoms with Crippen molar-refractivity contribution < 1.29 is 0 Å². The summed E-state index contributed by atoms with van der Waals surface area (Å²) in [5.41, 5.74) is 5.19. The molecule has 1 atom stereocenters. The summed E-state index contributed by atoms with van der Waals surface area (Å²) in [5.74, 6) is 0.392. The Morgan fingerprint density at radius 2 is 1.71 bits per heavy atom. The number of benzene rings is 3. The van der Waals surface area contributed by atoms with E-state index in [-0.39, 0.29) is 0 Å². The van der Waals surface area contributed by atoms with Gasteiger partial charge in [-0.3, -0.25) is 0 Å². The number of rotatable bonds is 0. The zero-order valence-corrected chi connectivity index (χ0v) is 11.6. The van der Waals surface area contributed by atoms with Crippen molar-refractivity contribution in [2.75, 3.05) is 0 Å². The number of hydrogen-bond acceptors (Lipinski definition) is 0. The molecule has 0 nitrogen and oxygen atoms in total. The topological polar surface area (TPSA) is 0 Å². The molecule has 21 heavy (non-hydrogen) atoms. The summed E-state index contributed by atoms with van der Waals surface area (Å²) in [4.78, 5) is 0. The normalized spacial score (nSPS) is 18.7. The lowest BCUT2D eigenvalue weighted by Gasteiger charge is -2.26. The van der Waals surface area contributed by atoms with Gasteiger partial charge in [0.25, 0.3) is 0 Å². The lowest BCUT2D eigenvalue weighted by molar-refractivity contribution is 1.08. The molecule has 0 saturated carbocycles. The predicted molar refractivity (Wildman–Crippen MR) is 91.4 cm³/mol. The van der Waals surface area contributed by atoms with Crippen molar-refractivity contribution >= 4 is 33.2 Å². The van der Waals surface area contributed by atoms with Crippen LogP contribution in [-0.2, 0) is 0 Å². The second-order valence-corrected chi connectivity index (χ2v) is 5.91. The van der Waals surface area contributed by atoms with E-state index < -0.39 is 0 Å². The molecule has 0 amide bonds. The van der Waals surface area contributed by atoms with Crippen molar-refractivity contribution in [2.45, 2.75) is 5.92 Å². The van der Waals surface area contributed by atoms with Gasteiger partial charge in [0.2, 0.25) is 0 Å². The molecule has 0 radical (unpaired) electrons. The molecule has 0 N–H and O–H groups in total. The number of hydrogen-bond donors (Lipinski definition) is 0. The minimum absolute atomic E-state index is 0.392. The third kappa shape index (κ3) is 1.34. The summed E-state index contributed by atoms with van der Waals surface area (Å²) < 4.78 is 0. The van der Waals surface area contributed by atoms with Crippen LogP contribution in [0, 0.1) is 0 Å². The van der Waals surface area contributed by atoms with E-state index >= 15 is 0 Å². The largest absolute Gasteiger partial charge is 0.0912 e. The average Bonchev–Trinajstić information content (AvgIpc) is 2.54. The van der Waals surface area contributed by atoms with Crippen LogP contribution in [0.1, 0.15) is 22.6 Å². The Labute approximate surface area is 123 Å². The fourth-order valence-electron chi connectivity index (χ4n) is 3.79. The van der Waals surface area contributed by atoms with Crippen LogP contribution in [0.15, 0.2) is 67.3 Å². The Hall–Kier alpha value is -2.60. The number of allylic oxidation sites excluding steroid dienone is 4. The molecule has 0 heterocycles. The molecule has 98 valence electrons. The highest BCUT2D eigenvalue weighted by Crippen LogP contribution is 2.44. The molecule has 1 unspecified atom stereocenters. The first-order chi connectivity index (χ1) is 10.3. The average molecular weight is 266 g/mol. The third-order valence-electron chi connectivity index (χ3n) is 4.76. The Morgan fingerprint density at radius 1 is 0.857 bits per heavy atom. The van der Waals surface area contributed by atoms with Crippen molar-refractivity contribution in [3.63, 3.8) is 0 Å². The Bertz CT molecular complexity index is 999. The summed E-state index contributed by atoms with van der Waals surface area (Å²) in [6, 6.07) is 15.5. The monoisotopic (exact) mass is 266 g/mol. The SMILES string of the molecule is C=C1C=CC2C=Cc3cc4ccccc4c4ccc1c2c34. The Morgan fingerprint density at radius 3 is 2.67 bits per heavy atom. The lowest BCUT2D eigenvalue weighted by atomic mass is 9.77. The highest BCUT2D eigenvalue weighted by atomic mass is 14.3. The van der Waals surface area contributed by atoms with Crippen molar-refractivity contribution in [2.24, 2.45) is 0 Å². The maximum Gasteiger partial charge on any atom is 0.0217 e. The van der Waals surface area contributed by atoms with Crippen molar-refractivity contribution in [1.82, 2.24) is 0 Å². The van der Waals surface area contributed by atoms with E-state index in [1.54, 1.807) is 0 Å². The van der Waals surface area contributed by atoms with E-state index in [2.05, 4.69) is 73.3 Å². The molecule has 0 fully saturated rings. The van der Waals surface area contributed by atoms with Gasteiger partial charge in [-0.15, -0.1) is 0 Å². The van der Waals surface area contributed by atoms with Gasteiger partial charge in [0.1, 0.15) is 0 Å². The van der Waals surface area contributed by atoms with Crippen LogP contribution in [0.5, 0.6) is 0 Å². The first-order valence-corrected chi connectivity index (χ1v) is 7.37. The van der Waals surface area contributed by atoms with Gasteiger partial charge in [-0.25, -0.2) is 0 Å². The van der Waals surface area contributed by atoms with Crippen molar-refractivity contribution in [1.29, 1.82) is 0 Å². The maximum atomic E-state index is 4.20. The lowest BCUT2D eigenvalue weighted by Crippen LogP contribution is -2.06. The van der Waals surface area contributed by atoms with Gasteiger partial charge in [0, 0.05) is 5.92 Å². The van der Waals surface area contributed by atoms with E-state index in [1.165, 1.54) is 38.2 Å². The van der Waals surface area contributed by atoms with Gasteiger partial charge in [0.15, 0.2) is 0 Å². The first kappa shape index (κ1) is 11.1. The molecule has 3 aromatic carbocycles. The quantitative estimate of drug-likeness (QED) is 0.459. The zero-order chi connectivity index (χ0) is 14.0. The Balaban J connectivity index is 2.07. The molecule has 2 aliphatic rings. The van der Waals surface area contributed by atoms with Crippen molar-refractivity contribution in [3.05, 3.63) is 84.0 Å². The molecule has 0 aromatic heterocycles. The highest BCUT2D eigenvalue weighted by Gasteiger charge is 2.23. The van der Waals surface area contributed by atoms with E-state index in [4.69, 9.17) is 0 Å². The van der Waals surface area contributed by atoms with Crippen LogP contribution in [0.3, 0.4) is 0 Å². The van der Waals surface area contributed by atoms with Crippen LogP contribution >= 0.6 is 0 Å². The standard InChI is InChI=1S/C21H14/c1-13-6-7-14-8-9-16-12-15-4-2-3-5-18(15)19-11-10-17(13)20(14)21(16)19/h2-12,14H,1H2. The van der Waals surface area contributed by atoms with Gasteiger partial charge in [0.05, 0.1) is 0 Å². The van der Waals surface area contributed by atoms with Crippen LogP contribution in [0.25, 0.3) is 33.2 Å². The molecule has 0 heteroatoms. The van der Waals surface area contributed by atoms with Crippen LogP contribution < -0.4 is 0 Å². The highest BCUT2D eigenvalue weighted by molar-refractivity contribution is 6.14. The van der Waals surface area contributed by atoms with Crippen LogP contribution in [0.4, 0.5) is 0 Å². The fraction of sp³-hybridized carbons (Fsp3) is 0.0476. The van der Waals surface area contributed by atoms with Gasteiger partial charge in [-0.05, 0) is 49.9 Å². The van der Waals surface area contributed by atoms with Crippen LogP contribution in [-0.4, -0.2) is 0 Å². The summed E-state index contributed by atoms with van der Waals surface area (Å²) >= 11 is 0. The van der Waals surface area contributed by atoms with Gasteiger partial charge in [-0.2, -0.15) is 0 Å². The molecule has 0 aliphatic heterocycles. The molecule has 3 aromatic rings. The second-order valence-electron chi connectivity index (χ2n) is 5.91. The molecule has 2 aliphatic carbocycles. The zero-order valence-electron chi connectivity index (χ0n) is 11.6. The number of fused-ring (bicyclic) bond motifs is 2. The van der Waals surface area contributed by atoms with E-state index in [0.29, 0.717) is 5.92 Å². The molecular weight excluding hydrogens is 252 g/mol. The third-order valence-corrected chi connectivity index (χ3v) is 4.76. The summed E-state index contributed by atoms with van der Waals surface area (Å²) in [7, 11) is 0. The van der Waals surface area contributed by atoms with E-state index in [0.717, 1.165) is 5.57 Å². The van der Waals surface area contributed by atoms with E-state index in [1.807, 2.05) is 0 Å². The van der Waals surface area contributed by atoms with Gasteiger partial charge < -0.3 is 0 Å². The smallest absolute Gasteiger partial charge is 0.0217 e. The molecule has 0 spiro atoms. The maximum absolute atomic E-state index is 4.20. The first-order valence-electron chi connectivity index (χ1n) is 7.37. The van der Waals surface area contributed by atoms with E-state index in [9.17, 15) is 0 Å². The van der Waals surface area contributed by atoms with Crippen LogP contribution in [0.2, 0.25) is 0 Å². The summed E-state index contributed by atoms with van der Waals surface area (Å²) in [6.45, 7) is 4.20. The molecular formula is C21H14. The Kier molecular flexibility index (Phi) is 1.97. The minimum Gasteiger partial charge on any atom is -0.0912 e. The predicted octanol–water partition coefficient (Wildman–Crippen LogP) is 5.69. The molecule has 0 bridgehead atoms. The summed E-state index contributed by atoms with van der Waals surface area (Å²) in [6.07, 6.45) is 8.99. The molecule has 0 saturated heterocycles. The van der Waals surface area contributed by atoms with Crippen molar-refractivity contribution in [3.8, 4) is 0 Å². The second kappa shape index (κ2) is 3.73. The summed E-state index contributed by atoms with van der Waals surface area (Å²) in [5, 5.41) is 5.42.